The molecular weight excluding hydrogens is 268 g/mol. The van der Waals surface area contributed by atoms with Gasteiger partial charge in [-0.2, -0.15) is 0 Å². The van der Waals surface area contributed by atoms with Crippen LogP contribution >= 0.6 is 0 Å². The van der Waals surface area contributed by atoms with Crippen LogP contribution in [0.1, 0.15) is 18.1 Å². The number of hydrogen-bond donors (Lipinski definition) is 1. The van der Waals surface area contributed by atoms with Crippen LogP contribution in [0.5, 0.6) is 0 Å². The first kappa shape index (κ1) is 13.7. The Hall–Kier alpha value is -2.26. The zero-order valence-corrected chi connectivity index (χ0v) is 11.6. The lowest BCUT2D eigenvalue weighted by Gasteiger charge is -2.26. The average molecular weight is 283 g/mol. The van der Waals surface area contributed by atoms with Gasteiger partial charge in [-0.25, -0.2) is 8.78 Å². The predicted octanol–water partition coefficient (Wildman–Crippen LogP) is 4.34. The van der Waals surface area contributed by atoms with Crippen molar-refractivity contribution >= 4 is 10.8 Å². The van der Waals surface area contributed by atoms with Crippen LogP contribution in [0.25, 0.3) is 10.8 Å². The molecule has 0 saturated heterocycles. The topological polar surface area (TPSA) is 26.0 Å². The summed E-state index contributed by atoms with van der Waals surface area (Å²) in [5.41, 5.74) is 6.61. The van der Waals surface area contributed by atoms with Gasteiger partial charge in [0.05, 0.1) is 5.54 Å². The summed E-state index contributed by atoms with van der Waals surface area (Å²) in [6, 6.07) is 17.1. The highest BCUT2D eigenvalue weighted by Gasteiger charge is 2.25. The molecule has 0 heterocycles. The van der Waals surface area contributed by atoms with Crippen LogP contribution in [0.4, 0.5) is 8.78 Å². The first-order chi connectivity index (χ1) is 9.96. The molecule has 0 saturated carbocycles. The summed E-state index contributed by atoms with van der Waals surface area (Å²) in [6.45, 7) is 1.76. The predicted molar refractivity (Wildman–Crippen MR) is 80.9 cm³/mol. The van der Waals surface area contributed by atoms with Crippen molar-refractivity contribution in [3.05, 3.63) is 83.4 Å². The van der Waals surface area contributed by atoms with Crippen LogP contribution in [-0.2, 0) is 5.54 Å². The van der Waals surface area contributed by atoms with E-state index in [0.29, 0.717) is 5.56 Å². The van der Waals surface area contributed by atoms with Crippen molar-refractivity contribution in [3.63, 3.8) is 0 Å². The highest BCUT2D eigenvalue weighted by atomic mass is 19.1. The Bertz CT molecular complexity index is 789. The Morgan fingerprint density at radius 2 is 1.38 bits per heavy atom. The second-order valence-electron chi connectivity index (χ2n) is 5.42. The van der Waals surface area contributed by atoms with Crippen molar-refractivity contribution in [3.8, 4) is 0 Å². The Morgan fingerprint density at radius 1 is 0.762 bits per heavy atom. The fraction of sp³-hybridized carbons (Fsp3) is 0.111. The molecule has 106 valence electrons. The normalized spacial score (nSPS) is 14.1. The van der Waals surface area contributed by atoms with Crippen molar-refractivity contribution < 1.29 is 8.78 Å². The third kappa shape index (κ3) is 2.52. The highest BCUT2D eigenvalue weighted by molar-refractivity contribution is 5.83. The third-order valence-electron chi connectivity index (χ3n) is 3.81. The van der Waals surface area contributed by atoms with E-state index in [2.05, 4.69) is 0 Å². The summed E-state index contributed by atoms with van der Waals surface area (Å²) in [5, 5.41) is 2.14. The van der Waals surface area contributed by atoms with Gasteiger partial charge in [0.1, 0.15) is 11.6 Å². The molecule has 1 atom stereocenters. The Kier molecular flexibility index (Phi) is 3.22. The molecule has 0 bridgehead atoms. The molecule has 3 aromatic carbocycles. The molecule has 0 radical (unpaired) electrons. The van der Waals surface area contributed by atoms with Gasteiger partial charge in [0, 0.05) is 6.07 Å². The molecule has 3 heteroatoms. The number of nitrogens with two attached hydrogens (primary N) is 1. The van der Waals surface area contributed by atoms with Crippen molar-refractivity contribution in [2.24, 2.45) is 5.73 Å². The molecule has 2 N–H and O–H groups in total. The van der Waals surface area contributed by atoms with E-state index in [1.54, 1.807) is 6.92 Å². The molecule has 0 aliphatic rings. The molecule has 0 aromatic heterocycles. The molecule has 21 heavy (non-hydrogen) atoms. The first-order valence-electron chi connectivity index (χ1n) is 6.71. The van der Waals surface area contributed by atoms with Crippen LogP contribution in [-0.4, -0.2) is 0 Å². The molecular formula is C18H15F2N. The maximum Gasteiger partial charge on any atom is 0.126 e. The van der Waals surface area contributed by atoms with Gasteiger partial charge in [-0.15, -0.1) is 0 Å². The third-order valence-corrected chi connectivity index (χ3v) is 3.81. The number of fused-ring (bicyclic) bond motifs is 1. The van der Waals surface area contributed by atoms with Crippen molar-refractivity contribution in [2.75, 3.05) is 0 Å². The zero-order chi connectivity index (χ0) is 15.0. The molecule has 1 unspecified atom stereocenters. The second kappa shape index (κ2) is 4.93. The van der Waals surface area contributed by atoms with Gasteiger partial charge in [-0.05, 0) is 47.0 Å². The summed E-state index contributed by atoms with van der Waals surface area (Å²) in [6.07, 6.45) is 0. The van der Waals surface area contributed by atoms with E-state index in [1.165, 1.54) is 12.1 Å². The van der Waals surface area contributed by atoms with E-state index in [-0.39, 0.29) is 0 Å². The SMILES string of the molecule is CC(N)(c1cc(F)cc(F)c1)c1ccc2ccccc2c1. The minimum Gasteiger partial charge on any atom is -0.318 e. The minimum absolute atomic E-state index is 0.412. The van der Waals surface area contributed by atoms with E-state index in [0.717, 1.165) is 22.4 Å². The lowest BCUT2D eigenvalue weighted by Crippen LogP contribution is -2.34. The Balaban J connectivity index is 2.14. The lowest BCUT2D eigenvalue weighted by molar-refractivity contribution is 0.551. The van der Waals surface area contributed by atoms with Crippen molar-refractivity contribution in [2.45, 2.75) is 12.5 Å². The Labute approximate surface area is 122 Å². The van der Waals surface area contributed by atoms with Crippen molar-refractivity contribution in [1.82, 2.24) is 0 Å². The molecule has 1 nitrogen and oxygen atoms in total. The number of benzene rings is 3. The van der Waals surface area contributed by atoms with Gasteiger partial charge in [-0.1, -0.05) is 36.4 Å². The van der Waals surface area contributed by atoms with Gasteiger partial charge in [0.25, 0.3) is 0 Å². The highest BCUT2D eigenvalue weighted by Crippen LogP contribution is 2.30. The van der Waals surface area contributed by atoms with Crippen molar-refractivity contribution in [1.29, 1.82) is 0 Å². The summed E-state index contributed by atoms with van der Waals surface area (Å²) >= 11 is 0. The number of hydrogen-bond acceptors (Lipinski definition) is 1. The monoisotopic (exact) mass is 283 g/mol. The van der Waals surface area contributed by atoms with E-state index >= 15 is 0 Å². The van der Waals surface area contributed by atoms with Gasteiger partial charge >= 0.3 is 0 Å². The number of halogens is 2. The van der Waals surface area contributed by atoms with Crippen LogP contribution in [0, 0.1) is 11.6 Å². The summed E-state index contributed by atoms with van der Waals surface area (Å²) in [5.74, 6) is -1.25. The van der Waals surface area contributed by atoms with E-state index < -0.39 is 17.2 Å². The Morgan fingerprint density at radius 3 is 2.05 bits per heavy atom. The minimum atomic E-state index is -0.965. The second-order valence-corrected chi connectivity index (χ2v) is 5.42. The fourth-order valence-corrected chi connectivity index (χ4v) is 2.53. The largest absolute Gasteiger partial charge is 0.318 e. The van der Waals surface area contributed by atoms with Gasteiger partial charge in [0.15, 0.2) is 0 Å². The molecule has 0 aliphatic carbocycles. The average Bonchev–Trinajstić information content (AvgIpc) is 2.45. The maximum atomic E-state index is 13.4. The molecule has 3 rings (SSSR count). The molecule has 0 aliphatic heterocycles. The standard InChI is InChI=1S/C18H15F2N/c1-18(21,15-9-16(19)11-17(20)10-15)14-7-6-12-4-2-3-5-13(12)8-14/h2-11H,21H2,1H3. The van der Waals surface area contributed by atoms with Crippen LogP contribution in [0.15, 0.2) is 60.7 Å². The first-order valence-corrected chi connectivity index (χ1v) is 6.71. The summed E-state index contributed by atoms with van der Waals surface area (Å²) in [7, 11) is 0. The van der Waals surface area contributed by atoms with Gasteiger partial charge < -0.3 is 5.73 Å². The summed E-state index contributed by atoms with van der Waals surface area (Å²) < 4.78 is 26.9. The van der Waals surface area contributed by atoms with Crippen LogP contribution < -0.4 is 5.73 Å². The zero-order valence-electron chi connectivity index (χ0n) is 11.6. The van der Waals surface area contributed by atoms with Gasteiger partial charge in [-0.3, -0.25) is 0 Å². The summed E-state index contributed by atoms with van der Waals surface area (Å²) in [4.78, 5) is 0. The molecule has 0 spiro atoms. The van der Waals surface area contributed by atoms with E-state index in [1.807, 2.05) is 42.5 Å². The van der Waals surface area contributed by atoms with E-state index in [9.17, 15) is 8.78 Å². The molecule has 3 aromatic rings. The molecule has 0 amide bonds. The van der Waals surface area contributed by atoms with E-state index in [4.69, 9.17) is 5.73 Å². The quantitative estimate of drug-likeness (QED) is 0.744. The van der Waals surface area contributed by atoms with Crippen LogP contribution in [0.2, 0.25) is 0 Å². The van der Waals surface area contributed by atoms with Crippen LogP contribution in [0.3, 0.4) is 0 Å². The maximum absolute atomic E-state index is 13.4. The smallest absolute Gasteiger partial charge is 0.126 e. The lowest BCUT2D eigenvalue weighted by atomic mass is 9.84. The van der Waals surface area contributed by atoms with Gasteiger partial charge in [0.2, 0.25) is 0 Å². The molecule has 0 fully saturated rings. The number of rotatable bonds is 2. The fourth-order valence-electron chi connectivity index (χ4n) is 2.53.